The molecule has 0 aliphatic carbocycles. The van der Waals surface area contributed by atoms with Crippen LogP contribution in [-0.2, 0) is 11.4 Å². The normalized spacial score (nSPS) is 13.4. The van der Waals surface area contributed by atoms with Crippen LogP contribution in [0.3, 0.4) is 0 Å². The van der Waals surface area contributed by atoms with Gasteiger partial charge in [0.2, 0.25) is 0 Å². The summed E-state index contributed by atoms with van der Waals surface area (Å²) in [6.07, 6.45) is 0. The number of aromatic nitrogens is 2. The molecule has 0 radical (unpaired) electrons. The third-order valence-corrected chi connectivity index (χ3v) is 4.71. The average Bonchev–Trinajstić information content (AvgIpc) is 3.14. The van der Waals surface area contributed by atoms with Crippen LogP contribution in [0.25, 0.3) is 11.0 Å². The van der Waals surface area contributed by atoms with Crippen molar-refractivity contribution in [3.05, 3.63) is 69.6 Å². The third-order valence-electron chi connectivity index (χ3n) is 4.71. The molecule has 9 nitrogen and oxygen atoms in total. The lowest BCUT2D eigenvalue weighted by atomic mass is 10.1. The Kier molecular flexibility index (Phi) is 4.51. The fraction of sp³-hybridized carbons (Fsp3) is 0.200. The van der Waals surface area contributed by atoms with Gasteiger partial charge in [0, 0.05) is 13.1 Å². The molecule has 0 fully saturated rings. The molecule has 9 heteroatoms. The lowest BCUT2D eigenvalue weighted by Gasteiger charge is -2.13. The summed E-state index contributed by atoms with van der Waals surface area (Å²) in [6.45, 7) is 1.07. The number of hydrogen-bond donors (Lipinski definition) is 1. The van der Waals surface area contributed by atoms with Gasteiger partial charge in [-0.3, -0.25) is 14.2 Å². The zero-order valence-electron chi connectivity index (χ0n) is 15.8. The number of carbonyl (C=O) groups is 3. The molecular formula is C20H18N4O5. The van der Waals surface area contributed by atoms with Crippen LogP contribution in [0.2, 0.25) is 0 Å². The summed E-state index contributed by atoms with van der Waals surface area (Å²) in [5, 5.41) is 0.466. The number of hydroxylamine groups is 2. The number of benzene rings is 2. The largest absolute Gasteiger partial charge is 0.364 e. The van der Waals surface area contributed by atoms with Gasteiger partial charge in [-0.15, -0.1) is 0 Å². The summed E-state index contributed by atoms with van der Waals surface area (Å²) in [4.78, 5) is 59.3. The third kappa shape index (κ3) is 3.21. The molecule has 0 saturated carbocycles. The van der Waals surface area contributed by atoms with Crippen LogP contribution >= 0.6 is 0 Å². The van der Waals surface area contributed by atoms with Crippen LogP contribution in [0.4, 0.5) is 0 Å². The number of imide groups is 1. The van der Waals surface area contributed by atoms with E-state index < -0.39 is 17.8 Å². The molecular weight excluding hydrogens is 376 g/mol. The van der Waals surface area contributed by atoms with E-state index in [4.69, 9.17) is 4.84 Å². The molecule has 1 aromatic heterocycles. The maximum atomic E-state index is 12.6. The van der Waals surface area contributed by atoms with E-state index in [0.29, 0.717) is 29.2 Å². The lowest BCUT2D eigenvalue weighted by molar-refractivity contribution is -0.0584. The smallest absolute Gasteiger partial charge is 0.324 e. The van der Waals surface area contributed by atoms with E-state index in [1.165, 1.54) is 28.8 Å². The van der Waals surface area contributed by atoms with Crippen molar-refractivity contribution >= 4 is 28.8 Å². The van der Waals surface area contributed by atoms with Gasteiger partial charge in [0.25, 0.3) is 11.8 Å². The standard InChI is InChI=1S/C20H18N4O5/c1-22(2)9-10-23-16-11-12(7-8-15(16)21-20(23)28)19(27)29-24-17(25)13-5-3-4-6-14(13)18(24)26/h3-8,11H,9-10H2,1-2H3,(H,21,28). The van der Waals surface area contributed by atoms with Gasteiger partial charge < -0.3 is 14.7 Å². The number of amides is 2. The molecule has 0 spiro atoms. The van der Waals surface area contributed by atoms with Crippen LogP contribution in [0, 0.1) is 0 Å². The van der Waals surface area contributed by atoms with E-state index in [1.807, 2.05) is 19.0 Å². The van der Waals surface area contributed by atoms with E-state index in [9.17, 15) is 19.2 Å². The monoisotopic (exact) mass is 394 g/mol. The Hall–Kier alpha value is -3.72. The van der Waals surface area contributed by atoms with Crippen LogP contribution < -0.4 is 5.69 Å². The van der Waals surface area contributed by atoms with Gasteiger partial charge in [-0.05, 0) is 44.4 Å². The fourth-order valence-corrected chi connectivity index (χ4v) is 3.19. The first-order valence-electron chi connectivity index (χ1n) is 8.94. The molecule has 0 atom stereocenters. The second kappa shape index (κ2) is 7.02. The Morgan fingerprint density at radius 2 is 1.69 bits per heavy atom. The molecule has 2 heterocycles. The predicted molar refractivity (Wildman–Crippen MR) is 103 cm³/mol. The van der Waals surface area contributed by atoms with Gasteiger partial charge in [0.05, 0.1) is 27.7 Å². The Bertz CT molecular complexity index is 1170. The first-order valence-corrected chi connectivity index (χ1v) is 8.94. The van der Waals surface area contributed by atoms with Crippen LogP contribution in [-0.4, -0.2) is 57.9 Å². The van der Waals surface area contributed by atoms with Crippen molar-refractivity contribution in [1.82, 2.24) is 19.5 Å². The fourth-order valence-electron chi connectivity index (χ4n) is 3.19. The number of nitrogens with one attached hydrogen (secondary N) is 1. The molecule has 1 aliphatic heterocycles. The van der Waals surface area contributed by atoms with Gasteiger partial charge in [0.1, 0.15) is 0 Å². The number of carbonyl (C=O) groups excluding carboxylic acids is 3. The Labute approximate surface area is 165 Å². The zero-order valence-corrected chi connectivity index (χ0v) is 15.8. The molecule has 148 valence electrons. The first kappa shape index (κ1) is 18.6. The number of imidazole rings is 1. The van der Waals surface area contributed by atoms with Crippen molar-refractivity contribution in [2.24, 2.45) is 0 Å². The number of hydrogen-bond acceptors (Lipinski definition) is 6. The predicted octanol–water partition coefficient (Wildman–Crippen LogP) is 1.26. The molecule has 1 N–H and O–H groups in total. The van der Waals surface area contributed by atoms with Crippen LogP contribution in [0.15, 0.2) is 47.3 Å². The molecule has 0 unspecified atom stereocenters. The number of fused-ring (bicyclic) bond motifs is 2. The van der Waals surface area contributed by atoms with Gasteiger partial charge in [-0.2, -0.15) is 0 Å². The van der Waals surface area contributed by atoms with E-state index >= 15 is 0 Å². The van der Waals surface area contributed by atoms with E-state index in [-0.39, 0.29) is 22.4 Å². The quantitative estimate of drug-likeness (QED) is 0.654. The van der Waals surface area contributed by atoms with Crippen molar-refractivity contribution in [3.8, 4) is 0 Å². The van der Waals surface area contributed by atoms with E-state index in [2.05, 4.69) is 4.98 Å². The number of nitrogens with zero attached hydrogens (tertiary/aromatic N) is 3. The molecule has 3 aromatic rings. The minimum absolute atomic E-state index is 0.117. The summed E-state index contributed by atoms with van der Waals surface area (Å²) in [7, 11) is 3.79. The van der Waals surface area contributed by atoms with Crippen molar-refractivity contribution in [1.29, 1.82) is 0 Å². The summed E-state index contributed by atoms with van der Waals surface area (Å²) in [5.41, 5.74) is 1.31. The molecule has 0 saturated heterocycles. The Balaban J connectivity index is 1.61. The SMILES string of the molecule is CN(C)CCn1c(=O)[nH]c2ccc(C(=O)ON3C(=O)c4ccccc4C3=O)cc21. The second-order valence-corrected chi connectivity index (χ2v) is 6.95. The number of rotatable bonds is 5. The minimum Gasteiger partial charge on any atom is -0.324 e. The molecule has 4 rings (SSSR count). The van der Waals surface area contributed by atoms with Gasteiger partial charge in [-0.25, -0.2) is 9.59 Å². The molecule has 29 heavy (non-hydrogen) atoms. The van der Waals surface area contributed by atoms with Crippen LogP contribution in [0.1, 0.15) is 31.1 Å². The molecule has 0 bridgehead atoms. The average molecular weight is 394 g/mol. The summed E-state index contributed by atoms with van der Waals surface area (Å²) in [6, 6.07) is 10.8. The molecule has 2 amide bonds. The summed E-state index contributed by atoms with van der Waals surface area (Å²) in [5.74, 6) is -2.25. The van der Waals surface area contributed by atoms with E-state index in [0.717, 1.165) is 0 Å². The first-order chi connectivity index (χ1) is 13.9. The highest BCUT2D eigenvalue weighted by molar-refractivity contribution is 6.21. The van der Waals surface area contributed by atoms with Crippen molar-refractivity contribution in [3.63, 3.8) is 0 Å². The van der Waals surface area contributed by atoms with Crippen molar-refractivity contribution in [2.75, 3.05) is 20.6 Å². The number of aromatic amines is 1. The molecule has 2 aromatic carbocycles. The Morgan fingerprint density at radius 3 is 2.31 bits per heavy atom. The molecule has 1 aliphatic rings. The van der Waals surface area contributed by atoms with Crippen molar-refractivity contribution < 1.29 is 19.2 Å². The zero-order chi connectivity index (χ0) is 20.7. The second-order valence-electron chi connectivity index (χ2n) is 6.95. The maximum absolute atomic E-state index is 12.6. The number of H-pyrrole nitrogens is 1. The number of likely N-dealkylation sites (N-methyl/N-ethyl adjacent to an activating group) is 1. The van der Waals surface area contributed by atoms with Crippen LogP contribution in [0.5, 0.6) is 0 Å². The highest BCUT2D eigenvalue weighted by Gasteiger charge is 2.38. The lowest BCUT2D eigenvalue weighted by Crippen LogP contribution is -2.32. The Morgan fingerprint density at radius 1 is 1.03 bits per heavy atom. The van der Waals surface area contributed by atoms with E-state index in [1.54, 1.807) is 18.2 Å². The van der Waals surface area contributed by atoms with Gasteiger partial charge >= 0.3 is 11.7 Å². The maximum Gasteiger partial charge on any atom is 0.364 e. The topological polar surface area (TPSA) is 105 Å². The summed E-state index contributed by atoms with van der Waals surface area (Å²) >= 11 is 0. The van der Waals surface area contributed by atoms with Crippen molar-refractivity contribution in [2.45, 2.75) is 6.54 Å². The van der Waals surface area contributed by atoms with Gasteiger partial charge in [0.15, 0.2) is 0 Å². The summed E-state index contributed by atoms with van der Waals surface area (Å²) < 4.78 is 1.52. The highest BCUT2D eigenvalue weighted by Crippen LogP contribution is 2.23. The highest BCUT2D eigenvalue weighted by atomic mass is 16.7. The van der Waals surface area contributed by atoms with Gasteiger partial charge in [-0.1, -0.05) is 17.2 Å². The minimum atomic E-state index is -0.866.